The van der Waals surface area contributed by atoms with Gasteiger partial charge in [-0.2, -0.15) is 0 Å². The molecule has 0 amide bonds. The van der Waals surface area contributed by atoms with Gasteiger partial charge in [0.05, 0.1) is 0 Å². The Morgan fingerprint density at radius 2 is 0.470 bits per heavy atom. The van der Waals surface area contributed by atoms with Crippen molar-refractivity contribution in [2.24, 2.45) is 0 Å². The average Bonchev–Trinajstić information content (AvgIpc) is 3.39. The second-order valence-corrected chi connectivity index (χ2v) is 17.5. The molecule has 0 fully saturated rings. The quantitative estimate of drug-likeness (QED) is 0.116. The molecule has 0 saturated heterocycles. The Kier molecular flexibility index (Phi) is 8.96. The van der Waals surface area contributed by atoms with Crippen LogP contribution in [0.15, 0.2) is 255 Å². The predicted octanol–water partition coefficient (Wildman–Crippen LogP) is 18.6. The van der Waals surface area contributed by atoms with Gasteiger partial charge in [-0.05, 0) is 144 Å². The summed E-state index contributed by atoms with van der Waals surface area (Å²) in [6.07, 6.45) is 0. The molecular weight excluding hydrogens is 793 g/mol. The third-order valence-electron chi connectivity index (χ3n) is 13.8. The first kappa shape index (κ1) is 37.9. The monoisotopic (exact) mass is 834 g/mol. The minimum Gasteiger partial charge on any atom is -0.0622 e. The number of benzene rings is 13. The summed E-state index contributed by atoms with van der Waals surface area (Å²) in [5.41, 5.74) is 14.8. The summed E-state index contributed by atoms with van der Waals surface area (Å²) in [5.74, 6) is 0. The van der Waals surface area contributed by atoms with Gasteiger partial charge in [0, 0.05) is 0 Å². The summed E-state index contributed by atoms with van der Waals surface area (Å²) >= 11 is 0. The smallest absolute Gasteiger partial charge is 0.00262 e. The number of fused-ring (bicyclic) bond motifs is 7. The Labute approximate surface area is 384 Å². The fourth-order valence-electron chi connectivity index (χ4n) is 10.9. The Hall–Kier alpha value is -8.58. The van der Waals surface area contributed by atoms with E-state index in [1.54, 1.807) is 0 Å². The summed E-state index contributed by atoms with van der Waals surface area (Å²) < 4.78 is 0. The highest BCUT2D eigenvalue weighted by Gasteiger charge is 2.20. The zero-order valence-corrected chi connectivity index (χ0v) is 36.2. The molecule has 13 rings (SSSR count). The van der Waals surface area contributed by atoms with Crippen LogP contribution in [0.4, 0.5) is 0 Å². The Balaban J connectivity index is 0.961. The van der Waals surface area contributed by atoms with Crippen LogP contribution < -0.4 is 0 Å². The van der Waals surface area contributed by atoms with E-state index in [1.807, 2.05) is 0 Å². The van der Waals surface area contributed by atoms with Crippen LogP contribution in [0.25, 0.3) is 131 Å². The summed E-state index contributed by atoms with van der Waals surface area (Å²) in [5, 5.41) is 15.1. The van der Waals surface area contributed by atoms with Gasteiger partial charge in [-0.1, -0.05) is 243 Å². The Bertz CT molecular complexity index is 3940. The van der Waals surface area contributed by atoms with E-state index < -0.39 is 0 Å². The maximum Gasteiger partial charge on any atom is -0.00262 e. The minimum atomic E-state index is 1.21. The molecule has 0 spiro atoms. The normalized spacial score (nSPS) is 11.6. The molecular formula is C66H42. The highest BCUT2D eigenvalue weighted by Crippen LogP contribution is 2.48. The molecule has 0 heterocycles. The van der Waals surface area contributed by atoms with E-state index >= 15 is 0 Å². The fourth-order valence-corrected chi connectivity index (χ4v) is 10.9. The molecule has 0 aliphatic carbocycles. The summed E-state index contributed by atoms with van der Waals surface area (Å²) in [4.78, 5) is 0. The lowest BCUT2D eigenvalue weighted by Gasteiger charge is -2.20. The molecule has 13 aromatic rings. The van der Waals surface area contributed by atoms with Crippen molar-refractivity contribution in [1.29, 1.82) is 0 Å². The molecule has 13 aromatic carbocycles. The van der Waals surface area contributed by atoms with Crippen molar-refractivity contribution >= 4 is 64.6 Å². The van der Waals surface area contributed by atoms with E-state index in [4.69, 9.17) is 0 Å². The average molecular weight is 835 g/mol. The number of rotatable bonds is 6. The molecule has 0 bridgehead atoms. The first-order valence-corrected chi connectivity index (χ1v) is 22.9. The third kappa shape index (κ3) is 6.15. The first-order valence-electron chi connectivity index (χ1n) is 22.9. The van der Waals surface area contributed by atoms with E-state index in [0.29, 0.717) is 0 Å². The van der Waals surface area contributed by atoms with Crippen molar-refractivity contribution in [1.82, 2.24) is 0 Å². The van der Waals surface area contributed by atoms with Gasteiger partial charge >= 0.3 is 0 Å². The second-order valence-electron chi connectivity index (χ2n) is 17.5. The third-order valence-corrected chi connectivity index (χ3v) is 13.8. The second kappa shape index (κ2) is 15.6. The van der Waals surface area contributed by atoms with E-state index in [2.05, 4.69) is 255 Å². The van der Waals surface area contributed by atoms with Gasteiger partial charge in [-0.15, -0.1) is 0 Å². The Morgan fingerprint density at radius 3 is 0.955 bits per heavy atom. The number of hydrogen-bond acceptors (Lipinski definition) is 0. The zero-order valence-electron chi connectivity index (χ0n) is 36.2. The van der Waals surface area contributed by atoms with Crippen molar-refractivity contribution in [3.05, 3.63) is 255 Å². The lowest BCUT2D eigenvalue weighted by atomic mass is 9.83. The highest BCUT2D eigenvalue weighted by atomic mass is 14.2. The van der Waals surface area contributed by atoms with Crippen LogP contribution in [-0.4, -0.2) is 0 Å². The summed E-state index contributed by atoms with van der Waals surface area (Å²) in [6, 6.07) is 94.0. The first-order chi connectivity index (χ1) is 32.8. The van der Waals surface area contributed by atoms with Gasteiger partial charge in [0.1, 0.15) is 0 Å². The molecule has 0 unspecified atom stereocenters. The van der Waals surface area contributed by atoms with Crippen LogP contribution in [0.2, 0.25) is 0 Å². The lowest BCUT2D eigenvalue weighted by molar-refractivity contribution is 1.62. The molecule has 0 aromatic heterocycles. The van der Waals surface area contributed by atoms with Crippen molar-refractivity contribution in [2.75, 3.05) is 0 Å². The van der Waals surface area contributed by atoms with Crippen molar-refractivity contribution < 1.29 is 0 Å². The van der Waals surface area contributed by atoms with Crippen LogP contribution in [0, 0.1) is 0 Å². The fraction of sp³-hybridized carbons (Fsp3) is 0. The molecule has 0 heteroatoms. The van der Waals surface area contributed by atoms with Crippen LogP contribution in [-0.2, 0) is 0 Å². The van der Waals surface area contributed by atoms with Crippen LogP contribution in [0.1, 0.15) is 0 Å². The van der Waals surface area contributed by atoms with Gasteiger partial charge < -0.3 is 0 Å². The van der Waals surface area contributed by atoms with E-state index in [1.165, 1.54) is 131 Å². The molecule has 0 aliphatic rings. The molecule has 0 aliphatic heterocycles. The molecule has 0 saturated carbocycles. The van der Waals surface area contributed by atoms with Crippen molar-refractivity contribution in [3.8, 4) is 66.8 Å². The van der Waals surface area contributed by atoms with Crippen molar-refractivity contribution in [3.63, 3.8) is 0 Å². The van der Waals surface area contributed by atoms with Gasteiger partial charge in [-0.25, -0.2) is 0 Å². The van der Waals surface area contributed by atoms with Crippen LogP contribution >= 0.6 is 0 Å². The predicted molar refractivity (Wildman–Crippen MR) is 284 cm³/mol. The standard InChI is InChI=1S/C66H42/c1-3-17-43(18-4-1)49-39-40-60-62(41-49)66(45-19-5-2-6-20-45)59-30-16-15-29-58(59)65(60)48-37-35-47(36-38-48)64-56-27-13-11-25-54(56)63(55-26-12-14-28-57(55)64)46-33-31-44(32-34-46)61-42-50-21-7-8-22-51(50)52-23-9-10-24-53(52)61/h1-42H. The van der Waals surface area contributed by atoms with Gasteiger partial charge in [0.15, 0.2) is 0 Å². The molecule has 0 N–H and O–H groups in total. The number of hydrogen-bond donors (Lipinski definition) is 0. The molecule has 66 heavy (non-hydrogen) atoms. The maximum atomic E-state index is 2.40. The van der Waals surface area contributed by atoms with Crippen LogP contribution in [0.3, 0.4) is 0 Å². The largest absolute Gasteiger partial charge is 0.0622 e. The van der Waals surface area contributed by atoms with E-state index in [9.17, 15) is 0 Å². The highest BCUT2D eigenvalue weighted by molar-refractivity contribution is 6.24. The van der Waals surface area contributed by atoms with Crippen LogP contribution in [0.5, 0.6) is 0 Å². The zero-order chi connectivity index (χ0) is 43.6. The molecule has 0 nitrogen and oxygen atoms in total. The SMILES string of the molecule is c1ccc(-c2ccc3c(-c4ccc(-c5c6ccccc6c(-c6ccc(-c7cc8ccccc8c8ccccc78)cc6)c6ccccc56)cc4)c4ccccc4c(-c4ccccc4)c3c2)cc1. The van der Waals surface area contributed by atoms with Crippen molar-refractivity contribution in [2.45, 2.75) is 0 Å². The minimum absolute atomic E-state index is 1.21. The molecule has 0 atom stereocenters. The van der Waals surface area contributed by atoms with E-state index in [-0.39, 0.29) is 0 Å². The molecule has 306 valence electrons. The van der Waals surface area contributed by atoms with Gasteiger partial charge in [-0.3, -0.25) is 0 Å². The lowest BCUT2D eigenvalue weighted by Crippen LogP contribution is -1.93. The van der Waals surface area contributed by atoms with Gasteiger partial charge in [0.2, 0.25) is 0 Å². The van der Waals surface area contributed by atoms with Gasteiger partial charge in [0.25, 0.3) is 0 Å². The molecule has 0 radical (unpaired) electrons. The van der Waals surface area contributed by atoms with E-state index in [0.717, 1.165) is 0 Å². The summed E-state index contributed by atoms with van der Waals surface area (Å²) in [7, 11) is 0. The summed E-state index contributed by atoms with van der Waals surface area (Å²) in [6.45, 7) is 0. The Morgan fingerprint density at radius 1 is 0.152 bits per heavy atom. The maximum absolute atomic E-state index is 2.40. The topological polar surface area (TPSA) is 0 Å².